The SMILES string of the molecule is Cl.O=C(C1CCCOC1)N1CCNCC1c1cccc(Cl)c1. The number of rotatable bonds is 2. The Morgan fingerprint density at radius 1 is 1.41 bits per heavy atom. The molecule has 0 bridgehead atoms. The number of carbonyl (C=O) groups excluding carboxylic acids is 1. The van der Waals surface area contributed by atoms with Crippen LogP contribution in [0, 0.1) is 5.92 Å². The summed E-state index contributed by atoms with van der Waals surface area (Å²) in [6.45, 7) is 3.71. The van der Waals surface area contributed by atoms with E-state index >= 15 is 0 Å². The zero-order valence-corrected chi connectivity index (χ0v) is 14.0. The Kier molecular flexibility index (Phi) is 6.50. The van der Waals surface area contributed by atoms with Crippen LogP contribution in [0.3, 0.4) is 0 Å². The van der Waals surface area contributed by atoms with Crippen molar-refractivity contribution in [2.45, 2.75) is 18.9 Å². The molecule has 2 saturated heterocycles. The van der Waals surface area contributed by atoms with Gasteiger partial charge < -0.3 is 15.0 Å². The number of hydrogen-bond acceptors (Lipinski definition) is 3. The second-order valence-electron chi connectivity index (χ2n) is 5.72. The molecule has 1 N–H and O–H groups in total. The number of hydrogen-bond donors (Lipinski definition) is 1. The summed E-state index contributed by atoms with van der Waals surface area (Å²) < 4.78 is 5.47. The fourth-order valence-corrected chi connectivity index (χ4v) is 3.35. The summed E-state index contributed by atoms with van der Waals surface area (Å²) in [6.07, 6.45) is 1.91. The maximum Gasteiger partial charge on any atom is 0.228 e. The lowest BCUT2D eigenvalue weighted by atomic mass is 9.97. The molecule has 1 amide bonds. The third-order valence-electron chi connectivity index (χ3n) is 4.27. The highest BCUT2D eigenvalue weighted by molar-refractivity contribution is 6.30. The Balaban J connectivity index is 0.00000176. The van der Waals surface area contributed by atoms with Crippen LogP contribution in [-0.2, 0) is 9.53 Å². The third-order valence-corrected chi connectivity index (χ3v) is 4.50. The number of benzene rings is 1. The minimum absolute atomic E-state index is 0. The maximum absolute atomic E-state index is 12.8. The summed E-state index contributed by atoms with van der Waals surface area (Å²) in [5.74, 6) is 0.236. The van der Waals surface area contributed by atoms with Gasteiger partial charge in [-0.25, -0.2) is 0 Å². The summed E-state index contributed by atoms with van der Waals surface area (Å²) in [5, 5.41) is 4.09. The minimum Gasteiger partial charge on any atom is -0.381 e. The molecule has 2 heterocycles. The number of nitrogens with one attached hydrogen (secondary N) is 1. The fraction of sp³-hybridized carbons (Fsp3) is 0.562. The molecule has 1 aromatic rings. The Morgan fingerprint density at radius 2 is 2.27 bits per heavy atom. The summed E-state index contributed by atoms with van der Waals surface area (Å²) in [4.78, 5) is 14.8. The number of piperazine rings is 1. The average molecular weight is 345 g/mol. The van der Waals surface area contributed by atoms with Crippen LogP contribution in [-0.4, -0.2) is 43.7 Å². The number of carbonyl (C=O) groups is 1. The van der Waals surface area contributed by atoms with Crippen LogP contribution in [0.4, 0.5) is 0 Å². The summed E-state index contributed by atoms with van der Waals surface area (Å²) >= 11 is 6.10. The van der Waals surface area contributed by atoms with Crippen molar-refractivity contribution < 1.29 is 9.53 Å². The zero-order valence-electron chi connectivity index (χ0n) is 12.5. The van der Waals surface area contributed by atoms with E-state index in [4.69, 9.17) is 16.3 Å². The van der Waals surface area contributed by atoms with Gasteiger partial charge in [0.15, 0.2) is 0 Å². The van der Waals surface area contributed by atoms with Crippen LogP contribution in [0.15, 0.2) is 24.3 Å². The Bertz CT molecular complexity index is 507. The lowest BCUT2D eigenvalue weighted by Crippen LogP contribution is -2.51. The zero-order chi connectivity index (χ0) is 14.7. The smallest absolute Gasteiger partial charge is 0.228 e. The number of ether oxygens (including phenoxy) is 1. The van der Waals surface area contributed by atoms with E-state index < -0.39 is 0 Å². The second-order valence-corrected chi connectivity index (χ2v) is 6.16. The molecular formula is C16H22Cl2N2O2. The van der Waals surface area contributed by atoms with Gasteiger partial charge in [-0.1, -0.05) is 23.7 Å². The van der Waals surface area contributed by atoms with E-state index in [-0.39, 0.29) is 30.3 Å². The van der Waals surface area contributed by atoms with Crippen molar-refractivity contribution in [3.8, 4) is 0 Å². The van der Waals surface area contributed by atoms with E-state index in [0.29, 0.717) is 11.6 Å². The van der Waals surface area contributed by atoms with Crippen molar-refractivity contribution in [2.75, 3.05) is 32.8 Å². The van der Waals surface area contributed by atoms with E-state index in [0.717, 1.165) is 44.6 Å². The van der Waals surface area contributed by atoms with E-state index in [2.05, 4.69) is 5.32 Å². The number of halogens is 2. The predicted molar refractivity (Wildman–Crippen MR) is 89.6 cm³/mol. The highest BCUT2D eigenvalue weighted by atomic mass is 35.5. The van der Waals surface area contributed by atoms with E-state index in [1.165, 1.54) is 0 Å². The first-order valence-electron chi connectivity index (χ1n) is 7.60. The molecule has 2 aliphatic rings. The first-order valence-corrected chi connectivity index (χ1v) is 7.98. The maximum atomic E-state index is 12.8. The average Bonchev–Trinajstić information content (AvgIpc) is 2.55. The Hall–Kier alpha value is -0.810. The normalized spacial score (nSPS) is 25.4. The van der Waals surface area contributed by atoms with Gasteiger partial charge in [-0.3, -0.25) is 4.79 Å². The first kappa shape index (κ1) is 17.5. The number of amides is 1. The highest BCUT2D eigenvalue weighted by Crippen LogP contribution is 2.27. The molecule has 2 fully saturated rings. The molecule has 22 heavy (non-hydrogen) atoms. The van der Waals surface area contributed by atoms with E-state index in [1.807, 2.05) is 29.2 Å². The molecule has 6 heteroatoms. The molecule has 122 valence electrons. The Labute approximate surface area is 142 Å². The van der Waals surface area contributed by atoms with Crippen molar-refractivity contribution >= 4 is 29.9 Å². The molecule has 1 aromatic carbocycles. The molecule has 0 aliphatic carbocycles. The molecule has 2 aliphatic heterocycles. The van der Waals surface area contributed by atoms with Crippen molar-refractivity contribution in [1.29, 1.82) is 0 Å². The van der Waals surface area contributed by atoms with Crippen LogP contribution in [0.1, 0.15) is 24.4 Å². The molecule has 0 radical (unpaired) electrons. The topological polar surface area (TPSA) is 41.6 Å². The first-order chi connectivity index (χ1) is 10.3. The monoisotopic (exact) mass is 344 g/mol. The quantitative estimate of drug-likeness (QED) is 0.896. The van der Waals surface area contributed by atoms with Gasteiger partial charge in [0.25, 0.3) is 0 Å². The van der Waals surface area contributed by atoms with Crippen molar-refractivity contribution in [2.24, 2.45) is 5.92 Å². The molecule has 0 spiro atoms. The Morgan fingerprint density at radius 3 is 3.00 bits per heavy atom. The van der Waals surface area contributed by atoms with Gasteiger partial charge in [0.1, 0.15) is 0 Å². The lowest BCUT2D eigenvalue weighted by Gasteiger charge is -2.39. The van der Waals surface area contributed by atoms with Crippen molar-refractivity contribution in [3.63, 3.8) is 0 Å². The lowest BCUT2D eigenvalue weighted by molar-refractivity contribution is -0.143. The summed E-state index contributed by atoms with van der Waals surface area (Å²) in [5.41, 5.74) is 1.10. The standard InChI is InChI=1S/C16H21ClN2O2.ClH/c17-14-5-1-3-12(9-14)15-10-18-6-7-19(15)16(20)13-4-2-8-21-11-13;/h1,3,5,9,13,15,18H,2,4,6-8,10-11H2;1H. The van der Waals surface area contributed by atoms with Gasteiger partial charge in [0.05, 0.1) is 18.6 Å². The summed E-state index contributed by atoms with van der Waals surface area (Å²) in [6, 6.07) is 7.87. The molecule has 0 saturated carbocycles. The van der Waals surface area contributed by atoms with Gasteiger partial charge in [-0.15, -0.1) is 12.4 Å². The van der Waals surface area contributed by atoms with Crippen LogP contribution < -0.4 is 5.32 Å². The molecule has 2 atom stereocenters. The van der Waals surface area contributed by atoms with E-state index in [1.54, 1.807) is 0 Å². The number of nitrogens with zero attached hydrogens (tertiary/aromatic N) is 1. The highest BCUT2D eigenvalue weighted by Gasteiger charge is 2.33. The molecule has 3 rings (SSSR count). The van der Waals surface area contributed by atoms with Crippen LogP contribution in [0.5, 0.6) is 0 Å². The minimum atomic E-state index is 0. The second kappa shape index (κ2) is 8.16. The molecule has 2 unspecified atom stereocenters. The predicted octanol–water partition coefficient (Wildman–Crippen LogP) is 2.66. The van der Waals surface area contributed by atoms with Crippen molar-refractivity contribution in [3.05, 3.63) is 34.9 Å². The van der Waals surface area contributed by atoms with Gasteiger partial charge in [0.2, 0.25) is 5.91 Å². The third kappa shape index (κ3) is 3.93. The summed E-state index contributed by atoms with van der Waals surface area (Å²) in [7, 11) is 0. The van der Waals surface area contributed by atoms with Gasteiger partial charge in [-0.05, 0) is 30.5 Å². The van der Waals surface area contributed by atoms with Gasteiger partial charge in [0, 0.05) is 31.3 Å². The van der Waals surface area contributed by atoms with Gasteiger partial charge >= 0.3 is 0 Å². The largest absolute Gasteiger partial charge is 0.381 e. The van der Waals surface area contributed by atoms with Crippen LogP contribution in [0.25, 0.3) is 0 Å². The molecule has 0 aromatic heterocycles. The molecule has 4 nitrogen and oxygen atoms in total. The van der Waals surface area contributed by atoms with Gasteiger partial charge in [-0.2, -0.15) is 0 Å². The van der Waals surface area contributed by atoms with Crippen LogP contribution >= 0.6 is 24.0 Å². The van der Waals surface area contributed by atoms with Crippen LogP contribution in [0.2, 0.25) is 5.02 Å². The van der Waals surface area contributed by atoms with E-state index in [9.17, 15) is 4.79 Å². The molecular weight excluding hydrogens is 323 g/mol. The fourth-order valence-electron chi connectivity index (χ4n) is 3.15. The van der Waals surface area contributed by atoms with Crippen molar-refractivity contribution in [1.82, 2.24) is 10.2 Å².